The van der Waals surface area contributed by atoms with Crippen LogP contribution in [0.3, 0.4) is 0 Å². The molecule has 2 N–H and O–H groups in total. The number of pyridine rings is 1. The third kappa shape index (κ3) is 6.42. The molecule has 0 saturated carbocycles. The molecule has 1 aromatic heterocycles. The molecule has 2 aromatic rings. The lowest BCUT2D eigenvalue weighted by Gasteiger charge is -2.35. The van der Waals surface area contributed by atoms with E-state index < -0.39 is 17.8 Å². The van der Waals surface area contributed by atoms with Crippen molar-refractivity contribution in [1.82, 2.24) is 15.2 Å². The van der Waals surface area contributed by atoms with Crippen molar-refractivity contribution in [2.75, 3.05) is 38.1 Å². The molecule has 1 fully saturated rings. The van der Waals surface area contributed by atoms with Crippen LogP contribution < -0.4 is 10.6 Å². The van der Waals surface area contributed by atoms with Crippen molar-refractivity contribution in [2.24, 2.45) is 4.99 Å². The van der Waals surface area contributed by atoms with Gasteiger partial charge in [-0.1, -0.05) is 12.1 Å². The van der Waals surface area contributed by atoms with Crippen molar-refractivity contribution >= 4 is 17.6 Å². The van der Waals surface area contributed by atoms with Crippen molar-refractivity contribution in [2.45, 2.75) is 19.2 Å². The topological polar surface area (TPSA) is 78.8 Å². The Labute approximate surface area is 178 Å². The van der Waals surface area contributed by atoms with Gasteiger partial charge in [0, 0.05) is 19.3 Å². The Hall–Kier alpha value is -3.14. The lowest BCUT2D eigenvalue weighted by Crippen LogP contribution is -2.48. The number of rotatable bonds is 5. The smallest absolute Gasteiger partial charge is 0.370 e. The van der Waals surface area contributed by atoms with Crippen molar-refractivity contribution in [3.8, 4) is 0 Å². The van der Waals surface area contributed by atoms with E-state index in [0.717, 1.165) is 12.1 Å². The summed E-state index contributed by atoms with van der Waals surface area (Å²) in [4.78, 5) is 22.4. The second kappa shape index (κ2) is 10.3. The summed E-state index contributed by atoms with van der Waals surface area (Å²) in [7, 11) is 0. The second-order valence-electron chi connectivity index (χ2n) is 6.89. The number of carbonyl (C=O) groups excluding carboxylic acids is 1. The molecule has 1 amide bonds. The summed E-state index contributed by atoms with van der Waals surface area (Å²) in [5.74, 6) is 0.204. The first-order valence-electron chi connectivity index (χ1n) is 9.88. The Bertz CT molecular complexity index is 905. The molecular formula is C21H24F3N5O2. The van der Waals surface area contributed by atoms with Crippen LogP contribution in [0.25, 0.3) is 0 Å². The number of hydrogen-bond donors (Lipinski definition) is 2. The number of amides is 1. The number of anilines is 1. The highest BCUT2D eigenvalue weighted by atomic mass is 19.4. The molecule has 1 unspecified atom stereocenters. The fraction of sp³-hybridized carbons (Fsp3) is 0.381. The summed E-state index contributed by atoms with van der Waals surface area (Å²) in [5, 5.41) is 5.84. The van der Waals surface area contributed by atoms with E-state index in [1.165, 1.54) is 12.3 Å². The second-order valence-corrected chi connectivity index (χ2v) is 6.89. The lowest BCUT2D eigenvalue weighted by molar-refractivity contribution is -0.137. The first-order chi connectivity index (χ1) is 14.9. The third-order valence-corrected chi connectivity index (χ3v) is 4.60. The number of morpholine rings is 1. The van der Waals surface area contributed by atoms with Crippen LogP contribution in [0.1, 0.15) is 24.2 Å². The SMILES string of the molecule is CCNC(=NCC(=O)Nc1cccnc1)N1CCOC(c2cccc(C(F)(F)F)c2)C1. The highest BCUT2D eigenvalue weighted by Crippen LogP contribution is 2.32. The fourth-order valence-corrected chi connectivity index (χ4v) is 3.17. The van der Waals surface area contributed by atoms with Gasteiger partial charge in [0.25, 0.3) is 0 Å². The number of ether oxygens (including phenoxy) is 1. The summed E-state index contributed by atoms with van der Waals surface area (Å²) in [5.41, 5.74) is 0.312. The molecule has 31 heavy (non-hydrogen) atoms. The largest absolute Gasteiger partial charge is 0.416 e. The minimum absolute atomic E-state index is 0.108. The van der Waals surface area contributed by atoms with Gasteiger partial charge in [-0.25, -0.2) is 4.99 Å². The lowest BCUT2D eigenvalue weighted by atomic mass is 10.0. The van der Waals surface area contributed by atoms with Gasteiger partial charge in [-0.05, 0) is 36.8 Å². The monoisotopic (exact) mass is 435 g/mol. The Morgan fingerprint density at radius 2 is 2.16 bits per heavy atom. The number of aliphatic imine (C=N–C) groups is 1. The van der Waals surface area contributed by atoms with Gasteiger partial charge in [-0.2, -0.15) is 13.2 Å². The molecule has 0 bridgehead atoms. The van der Waals surface area contributed by atoms with Crippen LogP contribution in [0, 0.1) is 0 Å². The molecule has 7 nitrogen and oxygen atoms in total. The van der Waals surface area contributed by atoms with Crippen molar-refractivity contribution in [3.05, 3.63) is 59.9 Å². The van der Waals surface area contributed by atoms with Crippen molar-refractivity contribution in [3.63, 3.8) is 0 Å². The molecule has 10 heteroatoms. The van der Waals surface area contributed by atoms with Gasteiger partial charge in [-0.3, -0.25) is 9.78 Å². The molecule has 0 aliphatic carbocycles. The maximum Gasteiger partial charge on any atom is 0.416 e. The van der Waals surface area contributed by atoms with Gasteiger partial charge in [0.1, 0.15) is 12.6 Å². The molecule has 1 aromatic carbocycles. The predicted octanol–water partition coefficient (Wildman–Crippen LogP) is 3.08. The van der Waals surface area contributed by atoms with E-state index >= 15 is 0 Å². The summed E-state index contributed by atoms with van der Waals surface area (Å²) < 4.78 is 44.9. The summed E-state index contributed by atoms with van der Waals surface area (Å²) in [6, 6.07) is 8.58. The van der Waals surface area contributed by atoms with Crippen molar-refractivity contribution in [1.29, 1.82) is 0 Å². The van der Waals surface area contributed by atoms with Crippen LogP contribution in [-0.4, -0.2) is 54.5 Å². The first kappa shape index (κ1) is 22.5. The van der Waals surface area contributed by atoms with E-state index in [1.807, 2.05) is 11.8 Å². The number of carbonyl (C=O) groups is 1. The molecule has 1 aliphatic rings. The average Bonchev–Trinajstić information content (AvgIpc) is 2.77. The zero-order valence-corrected chi connectivity index (χ0v) is 17.0. The van der Waals surface area contributed by atoms with Crippen molar-refractivity contribution < 1.29 is 22.7 Å². The van der Waals surface area contributed by atoms with E-state index in [4.69, 9.17) is 4.74 Å². The number of guanidine groups is 1. The molecule has 1 saturated heterocycles. The van der Waals surface area contributed by atoms with Gasteiger partial charge in [0.05, 0.1) is 30.6 Å². The standard InChI is InChI=1S/C21H24F3N5O2/c1-2-26-20(27-13-19(30)28-17-7-4-8-25-12-17)29-9-10-31-18(14-29)15-5-3-6-16(11-15)21(22,23)24/h3-8,11-12,18H,2,9-10,13-14H2,1H3,(H,26,27)(H,28,30). The highest BCUT2D eigenvalue weighted by molar-refractivity contribution is 5.93. The first-order valence-corrected chi connectivity index (χ1v) is 9.88. The van der Waals surface area contributed by atoms with E-state index in [1.54, 1.807) is 24.4 Å². The number of alkyl halides is 3. The third-order valence-electron chi connectivity index (χ3n) is 4.60. The van der Waals surface area contributed by atoms with Gasteiger partial charge in [0.2, 0.25) is 5.91 Å². The normalized spacial score (nSPS) is 17.4. The quantitative estimate of drug-likeness (QED) is 0.558. The molecule has 166 valence electrons. The minimum Gasteiger partial charge on any atom is -0.370 e. The molecule has 1 aliphatic heterocycles. The molecule has 0 spiro atoms. The minimum atomic E-state index is -4.41. The van der Waals surface area contributed by atoms with E-state index in [9.17, 15) is 18.0 Å². The van der Waals surface area contributed by atoms with Crippen LogP contribution in [0.2, 0.25) is 0 Å². The van der Waals surface area contributed by atoms with E-state index in [0.29, 0.717) is 43.5 Å². The number of hydrogen-bond acceptors (Lipinski definition) is 4. The van der Waals surface area contributed by atoms with Crippen LogP contribution >= 0.6 is 0 Å². The summed E-state index contributed by atoms with van der Waals surface area (Å²) >= 11 is 0. The number of nitrogens with one attached hydrogen (secondary N) is 2. The van der Waals surface area contributed by atoms with E-state index in [2.05, 4.69) is 20.6 Å². The maximum absolute atomic E-state index is 13.1. The number of halogens is 3. The number of benzene rings is 1. The van der Waals surface area contributed by atoms with Gasteiger partial charge < -0.3 is 20.3 Å². The van der Waals surface area contributed by atoms with E-state index in [-0.39, 0.29) is 12.5 Å². The summed E-state index contributed by atoms with van der Waals surface area (Å²) in [6.45, 7) is 3.52. The average molecular weight is 435 g/mol. The Morgan fingerprint density at radius 3 is 2.87 bits per heavy atom. The molecular weight excluding hydrogens is 411 g/mol. The fourth-order valence-electron chi connectivity index (χ4n) is 3.17. The zero-order chi connectivity index (χ0) is 22.3. The van der Waals surface area contributed by atoms with Gasteiger partial charge >= 0.3 is 6.18 Å². The van der Waals surface area contributed by atoms with Crippen LogP contribution in [0.5, 0.6) is 0 Å². The summed E-state index contributed by atoms with van der Waals surface area (Å²) in [6.07, 6.45) is -1.81. The highest BCUT2D eigenvalue weighted by Gasteiger charge is 2.32. The molecule has 3 rings (SSSR count). The number of aromatic nitrogens is 1. The van der Waals surface area contributed by atoms with Crippen LogP contribution in [-0.2, 0) is 15.7 Å². The van der Waals surface area contributed by atoms with Crippen LogP contribution in [0.4, 0.5) is 18.9 Å². The maximum atomic E-state index is 13.1. The zero-order valence-electron chi connectivity index (χ0n) is 17.0. The molecule has 1 atom stereocenters. The molecule has 0 radical (unpaired) electrons. The number of nitrogens with zero attached hydrogens (tertiary/aromatic N) is 3. The Balaban J connectivity index is 1.68. The van der Waals surface area contributed by atoms with Gasteiger partial charge in [-0.15, -0.1) is 0 Å². The van der Waals surface area contributed by atoms with Crippen LogP contribution in [0.15, 0.2) is 53.8 Å². The molecule has 2 heterocycles. The Kier molecular flexibility index (Phi) is 7.45. The predicted molar refractivity (Wildman–Crippen MR) is 111 cm³/mol. The van der Waals surface area contributed by atoms with Gasteiger partial charge in [0.15, 0.2) is 5.96 Å². The Morgan fingerprint density at radius 1 is 1.32 bits per heavy atom.